The number of benzene rings is 1. The summed E-state index contributed by atoms with van der Waals surface area (Å²) >= 11 is 6.20. The van der Waals surface area contributed by atoms with Crippen molar-refractivity contribution in [1.29, 1.82) is 0 Å². The molecule has 0 atom stereocenters. The fraction of sp³-hybridized carbons (Fsp3) is 0.500. The minimum Gasteiger partial charge on any atom is -0.383 e. The van der Waals surface area contributed by atoms with Crippen LogP contribution in [0, 0.1) is 19.3 Å². The van der Waals surface area contributed by atoms with Crippen molar-refractivity contribution in [3.63, 3.8) is 0 Å². The molecule has 22 heavy (non-hydrogen) atoms. The Hall–Kier alpha value is -1.59. The van der Waals surface area contributed by atoms with E-state index in [9.17, 15) is 9.59 Å². The van der Waals surface area contributed by atoms with Crippen molar-refractivity contribution in [3.8, 4) is 0 Å². The van der Waals surface area contributed by atoms with Crippen LogP contribution in [0.5, 0.6) is 0 Å². The molecule has 0 radical (unpaired) electrons. The van der Waals surface area contributed by atoms with Crippen molar-refractivity contribution < 1.29 is 14.3 Å². The van der Waals surface area contributed by atoms with Gasteiger partial charge in [-0.3, -0.25) is 9.59 Å². The smallest absolute Gasteiger partial charge is 0.240 e. The van der Waals surface area contributed by atoms with Crippen LogP contribution in [0.3, 0.4) is 0 Å². The summed E-state index contributed by atoms with van der Waals surface area (Å²) in [6.07, 6.45) is 1.11. The number of rotatable bonds is 6. The van der Waals surface area contributed by atoms with E-state index >= 15 is 0 Å². The maximum Gasteiger partial charge on any atom is 0.240 e. The molecule has 0 bridgehead atoms. The Kier molecular flexibility index (Phi) is 5.08. The van der Waals surface area contributed by atoms with Gasteiger partial charge in [0.1, 0.15) is 5.41 Å². The second-order valence-electron chi connectivity index (χ2n) is 5.72. The van der Waals surface area contributed by atoms with Gasteiger partial charge in [0.2, 0.25) is 11.8 Å². The highest BCUT2D eigenvalue weighted by Crippen LogP contribution is 2.47. The van der Waals surface area contributed by atoms with Gasteiger partial charge in [0.15, 0.2) is 0 Å². The fourth-order valence-corrected chi connectivity index (χ4v) is 2.79. The monoisotopic (exact) mass is 324 g/mol. The molecule has 0 aliphatic heterocycles. The Morgan fingerprint density at radius 3 is 2.50 bits per heavy atom. The molecular weight excluding hydrogens is 304 g/mol. The summed E-state index contributed by atoms with van der Waals surface area (Å²) in [5.74, 6) is -0.542. The molecule has 1 aliphatic rings. The third-order valence-corrected chi connectivity index (χ3v) is 4.18. The van der Waals surface area contributed by atoms with E-state index in [4.69, 9.17) is 16.3 Å². The van der Waals surface area contributed by atoms with Crippen molar-refractivity contribution in [3.05, 3.63) is 28.3 Å². The zero-order chi connectivity index (χ0) is 16.3. The average molecular weight is 325 g/mol. The van der Waals surface area contributed by atoms with E-state index in [0.29, 0.717) is 36.7 Å². The van der Waals surface area contributed by atoms with Gasteiger partial charge in [-0.25, -0.2) is 0 Å². The maximum atomic E-state index is 12.5. The summed E-state index contributed by atoms with van der Waals surface area (Å²) in [6, 6.07) is 3.74. The lowest BCUT2D eigenvalue weighted by molar-refractivity contribution is -0.134. The Balaban J connectivity index is 2.08. The molecule has 1 aromatic carbocycles. The van der Waals surface area contributed by atoms with Crippen molar-refractivity contribution in [2.24, 2.45) is 5.41 Å². The molecule has 6 heteroatoms. The highest BCUT2D eigenvalue weighted by atomic mass is 35.5. The highest BCUT2D eigenvalue weighted by molar-refractivity contribution is 6.34. The van der Waals surface area contributed by atoms with Crippen molar-refractivity contribution in [2.75, 3.05) is 25.6 Å². The number of hydrogen-bond acceptors (Lipinski definition) is 3. The van der Waals surface area contributed by atoms with Crippen LogP contribution in [0.25, 0.3) is 0 Å². The summed E-state index contributed by atoms with van der Waals surface area (Å²) < 4.78 is 4.89. The van der Waals surface area contributed by atoms with Crippen LogP contribution in [0.1, 0.15) is 24.0 Å². The van der Waals surface area contributed by atoms with Gasteiger partial charge < -0.3 is 15.4 Å². The van der Waals surface area contributed by atoms with Gasteiger partial charge >= 0.3 is 0 Å². The molecule has 2 rings (SSSR count). The molecule has 2 N–H and O–H groups in total. The zero-order valence-electron chi connectivity index (χ0n) is 13.1. The molecule has 1 aromatic rings. The lowest BCUT2D eigenvalue weighted by Crippen LogP contribution is -2.41. The SMILES string of the molecule is COCCNC(=O)C1(C(=O)Nc2c(C)cc(C)cc2Cl)CC1. The molecule has 1 aliphatic carbocycles. The third kappa shape index (κ3) is 3.42. The van der Waals surface area contributed by atoms with Crippen LogP contribution < -0.4 is 10.6 Å². The summed E-state index contributed by atoms with van der Waals surface area (Å²) in [5, 5.41) is 6.04. The molecule has 0 unspecified atom stereocenters. The van der Waals surface area contributed by atoms with E-state index in [0.717, 1.165) is 11.1 Å². The average Bonchev–Trinajstić information content (AvgIpc) is 3.24. The normalized spacial score (nSPS) is 15.3. The lowest BCUT2D eigenvalue weighted by Gasteiger charge is -2.17. The molecule has 2 amide bonds. The minimum atomic E-state index is -0.964. The highest BCUT2D eigenvalue weighted by Gasteiger charge is 2.56. The number of carbonyl (C=O) groups excluding carboxylic acids is 2. The number of halogens is 1. The van der Waals surface area contributed by atoms with Crippen LogP contribution >= 0.6 is 11.6 Å². The second-order valence-corrected chi connectivity index (χ2v) is 6.13. The van der Waals surface area contributed by atoms with E-state index in [1.54, 1.807) is 13.2 Å². The number of hydrogen-bond donors (Lipinski definition) is 2. The first-order chi connectivity index (χ1) is 10.4. The minimum absolute atomic E-state index is 0.247. The molecular formula is C16H21ClN2O3. The number of anilines is 1. The molecule has 0 saturated heterocycles. The Labute approximate surface area is 135 Å². The summed E-state index contributed by atoms with van der Waals surface area (Å²) in [7, 11) is 1.56. The van der Waals surface area contributed by atoms with Crippen molar-refractivity contribution in [1.82, 2.24) is 5.32 Å². The predicted molar refractivity (Wildman–Crippen MR) is 86.1 cm³/mol. The molecule has 0 aromatic heterocycles. The number of amides is 2. The molecule has 0 spiro atoms. The first kappa shape index (κ1) is 16.8. The van der Waals surface area contributed by atoms with E-state index in [2.05, 4.69) is 10.6 Å². The van der Waals surface area contributed by atoms with E-state index in [1.165, 1.54) is 0 Å². The predicted octanol–water partition coefficient (Wildman–Crippen LogP) is 2.44. The molecule has 1 fully saturated rings. The Morgan fingerprint density at radius 1 is 1.27 bits per heavy atom. The fourth-order valence-electron chi connectivity index (χ4n) is 2.43. The van der Waals surface area contributed by atoms with Crippen molar-refractivity contribution >= 4 is 29.1 Å². The lowest BCUT2D eigenvalue weighted by atomic mass is 10.0. The van der Waals surface area contributed by atoms with E-state index in [1.807, 2.05) is 19.9 Å². The van der Waals surface area contributed by atoms with Gasteiger partial charge in [-0.1, -0.05) is 17.7 Å². The van der Waals surface area contributed by atoms with E-state index in [-0.39, 0.29) is 11.8 Å². The van der Waals surface area contributed by atoms with Gasteiger partial charge in [-0.05, 0) is 43.9 Å². The quantitative estimate of drug-likeness (QED) is 0.624. The number of carbonyl (C=O) groups is 2. The van der Waals surface area contributed by atoms with E-state index < -0.39 is 5.41 Å². The van der Waals surface area contributed by atoms with Crippen LogP contribution in [-0.4, -0.2) is 32.1 Å². The summed E-state index contributed by atoms with van der Waals surface area (Å²) in [6.45, 7) is 4.64. The van der Waals surface area contributed by atoms with Gasteiger partial charge in [-0.2, -0.15) is 0 Å². The van der Waals surface area contributed by atoms with Crippen LogP contribution in [-0.2, 0) is 14.3 Å². The zero-order valence-corrected chi connectivity index (χ0v) is 13.8. The molecule has 120 valence electrons. The van der Waals surface area contributed by atoms with Gasteiger partial charge in [0.05, 0.1) is 17.3 Å². The summed E-state index contributed by atoms with van der Waals surface area (Å²) in [4.78, 5) is 24.7. The van der Waals surface area contributed by atoms with Crippen LogP contribution in [0.4, 0.5) is 5.69 Å². The first-order valence-corrected chi connectivity index (χ1v) is 7.64. The van der Waals surface area contributed by atoms with Crippen molar-refractivity contribution in [2.45, 2.75) is 26.7 Å². The summed E-state index contributed by atoms with van der Waals surface area (Å²) in [5.41, 5.74) is 1.52. The number of aryl methyl sites for hydroxylation is 2. The first-order valence-electron chi connectivity index (χ1n) is 7.26. The topological polar surface area (TPSA) is 67.4 Å². The van der Waals surface area contributed by atoms with Crippen LogP contribution in [0.15, 0.2) is 12.1 Å². The third-order valence-electron chi connectivity index (χ3n) is 3.88. The molecule has 1 saturated carbocycles. The number of ether oxygens (including phenoxy) is 1. The number of methoxy groups -OCH3 is 1. The molecule has 0 heterocycles. The van der Waals surface area contributed by atoms with Gasteiger partial charge in [-0.15, -0.1) is 0 Å². The standard InChI is InChI=1S/C16H21ClN2O3/c1-10-8-11(2)13(12(17)9-10)19-15(21)16(4-5-16)14(20)18-6-7-22-3/h8-9H,4-7H2,1-3H3,(H,18,20)(H,19,21). The molecule has 5 nitrogen and oxygen atoms in total. The second kappa shape index (κ2) is 6.67. The van der Waals surface area contributed by atoms with Gasteiger partial charge in [0.25, 0.3) is 0 Å². The van der Waals surface area contributed by atoms with Crippen LogP contribution in [0.2, 0.25) is 5.02 Å². The Morgan fingerprint density at radius 2 is 1.95 bits per heavy atom. The Bertz CT molecular complexity index is 574. The number of nitrogens with one attached hydrogen (secondary N) is 2. The largest absolute Gasteiger partial charge is 0.383 e. The maximum absolute atomic E-state index is 12.5. The van der Waals surface area contributed by atoms with Gasteiger partial charge in [0, 0.05) is 13.7 Å².